The summed E-state index contributed by atoms with van der Waals surface area (Å²) in [5, 5.41) is 10.1. The van der Waals surface area contributed by atoms with Crippen molar-refractivity contribution in [3.63, 3.8) is 0 Å². The number of aromatic hydroxyl groups is 1. The molecule has 34 heavy (non-hydrogen) atoms. The lowest BCUT2D eigenvalue weighted by Crippen LogP contribution is -2.50. The third-order valence-corrected chi connectivity index (χ3v) is 8.73. The van der Waals surface area contributed by atoms with Gasteiger partial charge in [-0.1, -0.05) is 48.5 Å². The van der Waals surface area contributed by atoms with E-state index in [0.29, 0.717) is 23.2 Å². The third-order valence-electron chi connectivity index (χ3n) is 8.73. The molecule has 3 aromatic rings. The van der Waals surface area contributed by atoms with Gasteiger partial charge in [0.1, 0.15) is 11.5 Å². The molecule has 176 valence electrons. The SMILES string of the molecule is CN1CCC2(CC1)CC(Oc1ccc(C3c4ccc(O)cc4CCC3c3ccccc3)cc1)C2. The molecular weight excluding hydrogens is 418 g/mol. The first-order valence-corrected chi connectivity index (χ1v) is 12.9. The summed E-state index contributed by atoms with van der Waals surface area (Å²) in [5.74, 6) is 2.07. The maximum atomic E-state index is 10.1. The van der Waals surface area contributed by atoms with Gasteiger partial charge in [0.25, 0.3) is 0 Å². The van der Waals surface area contributed by atoms with Gasteiger partial charge in [0.2, 0.25) is 0 Å². The van der Waals surface area contributed by atoms with Crippen LogP contribution >= 0.6 is 0 Å². The molecule has 2 aliphatic carbocycles. The summed E-state index contributed by atoms with van der Waals surface area (Å²) in [6, 6.07) is 25.7. The summed E-state index contributed by atoms with van der Waals surface area (Å²) in [6.45, 7) is 2.45. The van der Waals surface area contributed by atoms with Gasteiger partial charge >= 0.3 is 0 Å². The quantitative estimate of drug-likeness (QED) is 0.489. The Morgan fingerprint density at radius 3 is 2.35 bits per heavy atom. The molecule has 0 radical (unpaired) electrons. The Kier molecular flexibility index (Phi) is 5.61. The van der Waals surface area contributed by atoms with E-state index < -0.39 is 0 Å². The zero-order valence-corrected chi connectivity index (χ0v) is 20.1. The zero-order valence-electron chi connectivity index (χ0n) is 20.1. The molecule has 3 nitrogen and oxygen atoms in total. The fraction of sp³-hybridized carbons (Fsp3) is 0.419. The molecule has 6 rings (SSSR count). The molecule has 3 aliphatic rings. The summed E-state index contributed by atoms with van der Waals surface area (Å²) < 4.78 is 6.40. The number of phenols is 1. The van der Waals surface area contributed by atoms with Gasteiger partial charge in [-0.2, -0.15) is 0 Å². The smallest absolute Gasteiger partial charge is 0.119 e. The highest BCUT2D eigenvalue weighted by molar-refractivity contribution is 5.48. The van der Waals surface area contributed by atoms with Crippen LogP contribution in [-0.2, 0) is 6.42 Å². The second-order valence-corrected chi connectivity index (χ2v) is 10.9. The van der Waals surface area contributed by atoms with Gasteiger partial charge in [-0.25, -0.2) is 0 Å². The highest BCUT2D eigenvalue weighted by atomic mass is 16.5. The number of nitrogens with zero attached hydrogens (tertiary/aromatic N) is 1. The molecule has 1 spiro atoms. The van der Waals surface area contributed by atoms with Crippen molar-refractivity contribution in [1.82, 2.24) is 4.90 Å². The Morgan fingerprint density at radius 2 is 1.62 bits per heavy atom. The summed E-state index contributed by atoms with van der Waals surface area (Å²) in [7, 11) is 2.23. The number of benzene rings is 3. The largest absolute Gasteiger partial charge is 0.508 e. The number of hydrogen-bond acceptors (Lipinski definition) is 3. The molecule has 2 atom stereocenters. The topological polar surface area (TPSA) is 32.7 Å². The van der Waals surface area contributed by atoms with Crippen LogP contribution in [0.25, 0.3) is 0 Å². The standard InChI is InChI=1S/C31H35NO2/c1-32-17-15-31(16-18-32)20-27(21-31)34-26-11-7-23(8-12-26)30-28(22-5-3-2-4-6-22)13-9-24-19-25(33)10-14-29(24)30/h2-8,10-12,14,19,27-28,30,33H,9,13,15-18,20-21H2,1H3. The lowest BCUT2D eigenvalue weighted by atomic mass is 9.61. The van der Waals surface area contributed by atoms with Crippen LogP contribution in [0.5, 0.6) is 11.5 Å². The minimum Gasteiger partial charge on any atom is -0.508 e. The Bertz CT molecular complexity index is 1120. The van der Waals surface area contributed by atoms with Crippen LogP contribution in [0.1, 0.15) is 66.2 Å². The minimum absolute atomic E-state index is 0.284. The Hall–Kier alpha value is -2.78. The number of aryl methyl sites for hydroxylation is 1. The molecule has 1 saturated heterocycles. The molecule has 0 aromatic heterocycles. The van der Waals surface area contributed by atoms with E-state index in [9.17, 15) is 5.11 Å². The molecule has 0 amide bonds. The summed E-state index contributed by atoms with van der Waals surface area (Å²) in [4.78, 5) is 2.45. The molecule has 1 saturated carbocycles. The van der Waals surface area contributed by atoms with Crippen LogP contribution in [0.3, 0.4) is 0 Å². The van der Waals surface area contributed by atoms with E-state index in [2.05, 4.69) is 72.6 Å². The second kappa shape index (κ2) is 8.78. The fourth-order valence-corrected chi connectivity index (χ4v) is 6.71. The Balaban J connectivity index is 1.21. The highest BCUT2D eigenvalue weighted by Gasteiger charge is 2.46. The summed E-state index contributed by atoms with van der Waals surface area (Å²) in [6.07, 6.45) is 7.50. The van der Waals surface area contributed by atoms with E-state index in [1.807, 2.05) is 12.1 Å². The predicted octanol–water partition coefficient (Wildman–Crippen LogP) is 6.51. The molecule has 3 aromatic carbocycles. The van der Waals surface area contributed by atoms with Gasteiger partial charge in [-0.15, -0.1) is 0 Å². The van der Waals surface area contributed by atoms with E-state index >= 15 is 0 Å². The lowest BCUT2D eigenvalue weighted by molar-refractivity contribution is -0.0516. The molecule has 2 fully saturated rings. The Labute approximate surface area is 203 Å². The van der Waals surface area contributed by atoms with Crippen molar-refractivity contribution >= 4 is 0 Å². The zero-order chi connectivity index (χ0) is 23.1. The number of fused-ring (bicyclic) bond motifs is 1. The van der Waals surface area contributed by atoms with E-state index in [1.54, 1.807) is 0 Å². The first kappa shape index (κ1) is 21.7. The van der Waals surface area contributed by atoms with Gasteiger partial charge in [0.05, 0.1) is 6.10 Å². The maximum Gasteiger partial charge on any atom is 0.119 e. The number of hydrogen-bond donors (Lipinski definition) is 1. The van der Waals surface area contributed by atoms with Crippen LogP contribution in [0.4, 0.5) is 0 Å². The lowest BCUT2D eigenvalue weighted by Gasteiger charge is -2.51. The van der Waals surface area contributed by atoms with Crippen molar-refractivity contribution in [1.29, 1.82) is 0 Å². The Morgan fingerprint density at radius 1 is 0.882 bits per heavy atom. The molecular formula is C31H35NO2. The average Bonchev–Trinajstić information content (AvgIpc) is 2.85. The van der Waals surface area contributed by atoms with Crippen molar-refractivity contribution < 1.29 is 9.84 Å². The van der Waals surface area contributed by atoms with Crippen LogP contribution in [0.15, 0.2) is 72.8 Å². The van der Waals surface area contributed by atoms with Crippen LogP contribution < -0.4 is 4.74 Å². The number of phenolic OH excluding ortho intramolecular Hbond substituents is 1. The minimum atomic E-state index is 0.284. The van der Waals surface area contributed by atoms with Crippen molar-refractivity contribution in [3.05, 3.63) is 95.1 Å². The number of piperidine rings is 1. The first-order chi connectivity index (χ1) is 16.6. The molecule has 1 N–H and O–H groups in total. The van der Waals surface area contributed by atoms with Gasteiger partial charge in [-0.05, 0) is 117 Å². The fourth-order valence-electron chi connectivity index (χ4n) is 6.71. The molecule has 3 heteroatoms. The van der Waals surface area contributed by atoms with Crippen LogP contribution in [0, 0.1) is 5.41 Å². The molecule has 1 aliphatic heterocycles. The van der Waals surface area contributed by atoms with Gasteiger partial charge < -0.3 is 14.7 Å². The van der Waals surface area contributed by atoms with Crippen molar-refractivity contribution in [2.24, 2.45) is 5.41 Å². The number of likely N-dealkylation sites (tertiary alicyclic amines) is 1. The summed E-state index contributed by atoms with van der Waals surface area (Å²) in [5.41, 5.74) is 5.88. The van der Waals surface area contributed by atoms with Crippen molar-refractivity contribution in [3.8, 4) is 11.5 Å². The van der Waals surface area contributed by atoms with Gasteiger partial charge in [-0.3, -0.25) is 0 Å². The second-order valence-electron chi connectivity index (χ2n) is 10.9. The van der Waals surface area contributed by atoms with Crippen molar-refractivity contribution in [2.75, 3.05) is 20.1 Å². The maximum absolute atomic E-state index is 10.1. The van der Waals surface area contributed by atoms with Crippen LogP contribution in [-0.4, -0.2) is 36.2 Å². The molecule has 1 heterocycles. The van der Waals surface area contributed by atoms with E-state index in [-0.39, 0.29) is 5.92 Å². The van der Waals surface area contributed by atoms with Gasteiger partial charge in [0.15, 0.2) is 0 Å². The normalized spacial score (nSPS) is 24.4. The highest BCUT2D eigenvalue weighted by Crippen LogP contribution is 2.51. The first-order valence-electron chi connectivity index (χ1n) is 12.9. The average molecular weight is 454 g/mol. The summed E-state index contributed by atoms with van der Waals surface area (Å²) >= 11 is 0. The molecule has 2 unspecified atom stereocenters. The number of rotatable bonds is 4. The molecule has 0 bridgehead atoms. The van der Waals surface area contributed by atoms with E-state index in [4.69, 9.17) is 4.74 Å². The van der Waals surface area contributed by atoms with Crippen LogP contribution in [0.2, 0.25) is 0 Å². The third kappa shape index (κ3) is 4.11. The monoisotopic (exact) mass is 453 g/mol. The van der Waals surface area contributed by atoms with Gasteiger partial charge in [0, 0.05) is 5.92 Å². The van der Waals surface area contributed by atoms with E-state index in [1.165, 1.54) is 61.0 Å². The predicted molar refractivity (Wildman–Crippen MR) is 137 cm³/mol. The van der Waals surface area contributed by atoms with E-state index in [0.717, 1.165) is 18.6 Å². The number of ether oxygens (including phenoxy) is 1. The van der Waals surface area contributed by atoms with Crippen molar-refractivity contribution in [2.45, 2.75) is 56.5 Å².